The molecule has 0 unspecified atom stereocenters. The SMILES string of the molecule is O=C(Nc1ncccc1Cl)c1cc2c(s1)CCCC2. The van der Waals surface area contributed by atoms with E-state index in [0.29, 0.717) is 10.8 Å². The van der Waals surface area contributed by atoms with Crippen molar-refractivity contribution in [1.82, 2.24) is 4.98 Å². The third kappa shape index (κ3) is 2.65. The Morgan fingerprint density at radius 3 is 3.00 bits per heavy atom. The molecule has 0 atom stereocenters. The number of aromatic nitrogens is 1. The Hall–Kier alpha value is -1.39. The lowest BCUT2D eigenvalue weighted by atomic mass is 9.99. The number of hydrogen-bond acceptors (Lipinski definition) is 3. The van der Waals surface area contributed by atoms with Crippen LogP contribution < -0.4 is 5.32 Å². The molecule has 5 heteroatoms. The molecule has 1 aliphatic rings. The fraction of sp³-hybridized carbons (Fsp3) is 0.286. The highest BCUT2D eigenvalue weighted by Gasteiger charge is 2.18. The Labute approximate surface area is 120 Å². The fourth-order valence-electron chi connectivity index (χ4n) is 2.25. The molecule has 1 N–H and O–H groups in total. The van der Waals surface area contributed by atoms with Gasteiger partial charge in [0, 0.05) is 11.1 Å². The molecule has 1 aliphatic carbocycles. The van der Waals surface area contributed by atoms with Crippen LogP contribution in [0.2, 0.25) is 5.02 Å². The first-order chi connectivity index (χ1) is 9.24. The predicted octanol–water partition coefficient (Wildman–Crippen LogP) is 3.93. The van der Waals surface area contributed by atoms with Crippen molar-refractivity contribution in [1.29, 1.82) is 0 Å². The maximum absolute atomic E-state index is 12.2. The highest BCUT2D eigenvalue weighted by Crippen LogP contribution is 2.30. The molecule has 0 fully saturated rings. The Morgan fingerprint density at radius 1 is 1.37 bits per heavy atom. The lowest BCUT2D eigenvalue weighted by Gasteiger charge is -2.08. The molecule has 0 aromatic carbocycles. The van der Waals surface area contributed by atoms with Crippen molar-refractivity contribution >= 4 is 34.7 Å². The lowest BCUT2D eigenvalue weighted by Crippen LogP contribution is -2.11. The topological polar surface area (TPSA) is 42.0 Å². The highest BCUT2D eigenvalue weighted by molar-refractivity contribution is 7.14. The van der Waals surface area contributed by atoms with Gasteiger partial charge in [-0.25, -0.2) is 4.98 Å². The number of thiophene rings is 1. The van der Waals surface area contributed by atoms with Crippen LogP contribution in [-0.2, 0) is 12.8 Å². The van der Waals surface area contributed by atoms with Gasteiger partial charge in [0.25, 0.3) is 5.91 Å². The lowest BCUT2D eigenvalue weighted by molar-refractivity contribution is 0.103. The maximum Gasteiger partial charge on any atom is 0.266 e. The van der Waals surface area contributed by atoms with Gasteiger partial charge in [-0.15, -0.1) is 11.3 Å². The summed E-state index contributed by atoms with van der Waals surface area (Å²) in [5.41, 5.74) is 1.33. The summed E-state index contributed by atoms with van der Waals surface area (Å²) < 4.78 is 0. The van der Waals surface area contributed by atoms with Crippen LogP contribution in [0.3, 0.4) is 0 Å². The largest absolute Gasteiger partial charge is 0.305 e. The van der Waals surface area contributed by atoms with Crippen LogP contribution in [0, 0.1) is 0 Å². The standard InChI is InChI=1S/C14H13ClN2OS/c15-10-5-3-7-16-13(10)17-14(18)12-8-9-4-1-2-6-11(9)19-12/h3,5,7-8H,1-2,4,6H2,(H,16,17,18). The number of hydrogen-bond donors (Lipinski definition) is 1. The van der Waals surface area contributed by atoms with Gasteiger partial charge in [-0.05, 0) is 49.4 Å². The minimum absolute atomic E-state index is 0.125. The van der Waals surface area contributed by atoms with Crippen molar-refractivity contribution in [2.24, 2.45) is 0 Å². The molecule has 98 valence electrons. The maximum atomic E-state index is 12.2. The Kier molecular flexibility index (Phi) is 3.53. The summed E-state index contributed by atoms with van der Waals surface area (Å²) in [6.45, 7) is 0. The van der Waals surface area contributed by atoms with E-state index < -0.39 is 0 Å². The van der Waals surface area contributed by atoms with Crippen molar-refractivity contribution in [2.75, 3.05) is 5.32 Å². The molecule has 0 aliphatic heterocycles. The average molecular weight is 293 g/mol. The van der Waals surface area contributed by atoms with Crippen molar-refractivity contribution in [3.63, 3.8) is 0 Å². The van der Waals surface area contributed by atoms with Crippen molar-refractivity contribution in [2.45, 2.75) is 25.7 Å². The summed E-state index contributed by atoms with van der Waals surface area (Å²) in [4.78, 5) is 18.3. The van der Waals surface area contributed by atoms with E-state index >= 15 is 0 Å². The molecule has 3 nitrogen and oxygen atoms in total. The third-order valence-electron chi connectivity index (χ3n) is 3.21. The van der Waals surface area contributed by atoms with Gasteiger partial charge >= 0.3 is 0 Å². The van der Waals surface area contributed by atoms with E-state index in [0.717, 1.165) is 17.7 Å². The second-order valence-corrected chi connectivity index (χ2v) is 6.10. The number of carbonyl (C=O) groups is 1. The molecule has 0 spiro atoms. The van der Waals surface area contributed by atoms with Crippen LogP contribution in [0.1, 0.15) is 33.0 Å². The number of fused-ring (bicyclic) bond motifs is 1. The average Bonchev–Trinajstić information content (AvgIpc) is 2.85. The number of pyridine rings is 1. The van der Waals surface area contributed by atoms with Gasteiger partial charge in [0.05, 0.1) is 9.90 Å². The smallest absolute Gasteiger partial charge is 0.266 e. The molecule has 0 saturated heterocycles. The Bertz CT molecular complexity index is 600. The van der Waals surface area contributed by atoms with Gasteiger partial charge in [0.2, 0.25) is 0 Å². The van der Waals surface area contributed by atoms with E-state index in [2.05, 4.69) is 10.3 Å². The monoisotopic (exact) mass is 292 g/mol. The van der Waals surface area contributed by atoms with Gasteiger partial charge < -0.3 is 5.32 Å². The summed E-state index contributed by atoms with van der Waals surface area (Å²) in [6, 6.07) is 5.46. The molecule has 1 amide bonds. The van der Waals surface area contributed by atoms with Gasteiger partial charge in [-0.2, -0.15) is 0 Å². The summed E-state index contributed by atoms with van der Waals surface area (Å²) in [7, 11) is 0. The van der Waals surface area contributed by atoms with Crippen LogP contribution >= 0.6 is 22.9 Å². The number of amides is 1. The molecule has 0 saturated carbocycles. The minimum atomic E-state index is -0.125. The van der Waals surface area contributed by atoms with E-state index in [-0.39, 0.29) is 5.91 Å². The number of nitrogens with one attached hydrogen (secondary N) is 1. The number of carbonyl (C=O) groups excluding carboxylic acids is 1. The van der Waals surface area contributed by atoms with Gasteiger partial charge in [0.1, 0.15) is 0 Å². The first-order valence-corrected chi connectivity index (χ1v) is 7.47. The summed E-state index contributed by atoms with van der Waals surface area (Å²) >= 11 is 7.57. The van der Waals surface area contributed by atoms with E-state index in [1.54, 1.807) is 29.7 Å². The number of rotatable bonds is 2. The molecule has 2 aromatic rings. The van der Waals surface area contributed by atoms with Crippen LogP contribution in [0.5, 0.6) is 0 Å². The summed E-state index contributed by atoms with van der Waals surface area (Å²) in [6.07, 6.45) is 6.24. The molecular formula is C14H13ClN2OS. The normalized spacial score (nSPS) is 13.9. The first-order valence-electron chi connectivity index (χ1n) is 6.27. The van der Waals surface area contributed by atoms with Gasteiger partial charge in [-0.1, -0.05) is 11.6 Å². The second kappa shape index (κ2) is 5.31. The van der Waals surface area contributed by atoms with E-state index in [4.69, 9.17) is 11.6 Å². The zero-order valence-corrected chi connectivity index (χ0v) is 11.9. The number of halogens is 1. The number of nitrogens with zero attached hydrogens (tertiary/aromatic N) is 1. The van der Waals surface area contributed by atoms with Gasteiger partial charge in [-0.3, -0.25) is 4.79 Å². The minimum Gasteiger partial charge on any atom is -0.305 e. The van der Waals surface area contributed by atoms with Crippen molar-refractivity contribution in [3.8, 4) is 0 Å². The molecule has 0 radical (unpaired) electrons. The molecular weight excluding hydrogens is 280 g/mol. The summed E-state index contributed by atoms with van der Waals surface area (Å²) in [5, 5.41) is 3.22. The van der Waals surface area contributed by atoms with Crippen LogP contribution in [0.4, 0.5) is 5.82 Å². The number of aryl methyl sites for hydroxylation is 2. The van der Waals surface area contributed by atoms with Gasteiger partial charge in [0.15, 0.2) is 5.82 Å². The first kappa shape index (κ1) is 12.6. The highest BCUT2D eigenvalue weighted by atomic mass is 35.5. The van der Waals surface area contributed by atoms with E-state index in [9.17, 15) is 4.79 Å². The second-order valence-electron chi connectivity index (χ2n) is 4.55. The molecule has 0 bridgehead atoms. The third-order valence-corrected chi connectivity index (χ3v) is 4.75. The Morgan fingerprint density at radius 2 is 2.21 bits per heavy atom. The number of anilines is 1. The molecule has 19 heavy (non-hydrogen) atoms. The fourth-order valence-corrected chi connectivity index (χ4v) is 3.57. The zero-order valence-electron chi connectivity index (χ0n) is 10.3. The predicted molar refractivity (Wildman–Crippen MR) is 78.2 cm³/mol. The van der Waals surface area contributed by atoms with Crippen LogP contribution in [-0.4, -0.2) is 10.9 Å². The summed E-state index contributed by atoms with van der Waals surface area (Å²) in [5.74, 6) is 0.292. The quantitative estimate of drug-likeness (QED) is 0.911. The Balaban J connectivity index is 1.81. The molecule has 2 aromatic heterocycles. The molecule has 3 rings (SSSR count). The zero-order chi connectivity index (χ0) is 13.2. The van der Waals surface area contributed by atoms with Crippen molar-refractivity contribution in [3.05, 3.63) is 44.7 Å². The van der Waals surface area contributed by atoms with Crippen molar-refractivity contribution < 1.29 is 4.79 Å². The van der Waals surface area contributed by atoms with Crippen LogP contribution in [0.15, 0.2) is 24.4 Å². The van der Waals surface area contributed by atoms with E-state index in [1.807, 2.05) is 6.07 Å². The van der Waals surface area contributed by atoms with Crippen LogP contribution in [0.25, 0.3) is 0 Å². The molecule has 2 heterocycles. The van der Waals surface area contributed by atoms with E-state index in [1.165, 1.54) is 23.3 Å².